The molecule has 1 saturated carbocycles. The molecule has 1 aromatic carbocycles. The summed E-state index contributed by atoms with van der Waals surface area (Å²) >= 11 is 1.93. The molecule has 0 aliphatic heterocycles. The molecule has 110 valence electrons. The van der Waals surface area contributed by atoms with Crippen LogP contribution in [0.25, 0.3) is 0 Å². The van der Waals surface area contributed by atoms with Crippen LogP contribution in [0, 0.1) is 5.92 Å². The van der Waals surface area contributed by atoms with Crippen LogP contribution in [0.1, 0.15) is 25.3 Å². The molecular formula is C16H23NO2S. The molecule has 0 bridgehead atoms. The van der Waals surface area contributed by atoms with E-state index >= 15 is 0 Å². The molecule has 0 saturated heterocycles. The minimum Gasteiger partial charge on any atom is -0.461 e. The highest BCUT2D eigenvalue weighted by Crippen LogP contribution is 2.46. The van der Waals surface area contributed by atoms with E-state index in [-0.39, 0.29) is 11.9 Å². The zero-order valence-corrected chi connectivity index (χ0v) is 13.0. The summed E-state index contributed by atoms with van der Waals surface area (Å²) in [6, 6.07) is 9.78. The fraction of sp³-hybridized carbons (Fsp3) is 0.562. The van der Waals surface area contributed by atoms with Gasteiger partial charge in [-0.15, -0.1) is 0 Å². The first-order valence-electron chi connectivity index (χ1n) is 7.12. The average molecular weight is 293 g/mol. The Balaban J connectivity index is 1.64. The number of nitrogens with one attached hydrogen (secondary N) is 1. The summed E-state index contributed by atoms with van der Waals surface area (Å²) < 4.78 is 5.77. The van der Waals surface area contributed by atoms with E-state index in [0.717, 1.165) is 12.1 Å². The van der Waals surface area contributed by atoms with Crippen LogP contribution in [-0.4, -0.2) is 30.1 Å². The van der Waals surface area contributed by atoms with Gasteiger partial charge in [-0.05, 0) is 24.7 Å². The quantitative estimate of drug-likeness (QED) is 0.748. The second kappa shape index (κ2) is 7.14. The summed E-state index contributed by atoms with van der Waals surface area (Å²) in [4.78, 5) is 11.9. The van der Waals surface area contributed by atoms with Gasteiger partial charge in [0.05, 0.1) is 5.92 Å². The molecule has 1 unspecified atom stereocenters. The molecule has 0 spiro atoms. The van der Waals surface area contributed by atoms with Gasteiger partial charge in [0.25, 0.3) is 0 Å². The Morgan fingerprint density at radius 3 is 2.70 bits per heavy atom. The van der Waals surface area contributed by atoms with Crippen LogP contribution in [0.5, 0.6) is 0 Å². The monoisotopic (exact) mass is 293 g/mol. The number of rotatable bonds is 8. The standard InChI is InChI=1S/C16H23NO2S/c1-13(10-17-12-16(20-2)8-9-16)15(18)19-11-14-6-4-3-5-7-14/h3-7,13,17H,8-12H2,1-2H3. The number of ether oxygens (including phenoxy) is 1. The van der Waals surface area contributed by atoms with Gasteiger partial charge in [-0.3, -0.25) is 4.79 Å². The predicted molar refractivity (Wildman–Crippen MR) is 83.8 cm³/mol. The van der Waals surface area contributed by atoms with E-state index in [2.05, 4.69) is 11.6 Å². The molecule has 0 heterocycles. The molecule has 1 fully saturated rings. The van der Waals surface area contributed by atoms with Gasteiger partial charge in [0.15, 0.2) is 0 Å². The second-order valence-electron chi connectivity index (χ2n) is 5.51. The van der Waals surface area contributed by atoms with E-state index in [4.69, 9.17) is 4.74 Å². The van der Waals surface area contributed by atoms with Crippen molar-refractivity contribution < 1.29 is 9.53 Å². The van der Waals surface area contributed by atoms with Gasteiger partial charge in [-0.2, -0.15) is 11.8 Å². The molecule has 2 rings (SSSR count). The highest BCUT2D eigenvalue weighted by molar-refractivity contribution is 8.00. The molecule has 1 atom stereocenters. The number of hydrogen-bond acceptors (Lipinski definition) is 4. The predicted octanol–water partition coefficient (Wildman–Crippen LogP) is 2.85. The summed E-state index contributed by atoms with van der Waals surface area (Å²) in [6.07, 6.45) is 4.73. The Labute approximate surface area is 125 Å². The number of thioether (sulfide) groups is 1. The molecule has 1 N–H and O–H groups in total. The lowest BCUT2D eigenvalue weighted by atomic mass is 10.2. The van der Waals surface area contributed by atoms with Crippen LogP contribution in [0.3, 0.4) is 0 Å². The Bertz CT molecular complexity index is 431. The van der Waals surface area contributed by atoms with Crippen molar-refractivity contribution in [3.05, 3.63) is 35.9 Å². The smallest absolute Gasteiger partial charge is 0.310 e. The lowest BCUT2D eigenvalue weighted by Gasteiger charge is -2.16. The Hall–Kier alpha value is -1.00. The third-order valence-corrected chi connectivity index (χ3v) is 5.18. The van der Waals surface area contributed by atoms with Gasteiger partial charge in [-0.25, -0.2) is 0 Å². The molecular weight excluding hydrogens is 270 g/mol. The fourth-order valence-corrected chi connectivity index (χ4v) is 2.82. The maximum atomic E-state index is 11.9. The normalized spacial score (nSPS) is 17.5. The third-order valence-electron chi connectivity index (χ3n) is 3.76. The van der Waals surface area contributed by atoms with Crippen molar-refractivity contribution in [2.45, 2.75) is 31.1 Å². The van der Waals surface area contributed by atoms with Gasteiger partial charge in [0.1, 0.15) is 6.61 Å². The van der Waals surface area contributed by atoms with Crippen molar-refractivity contribution >= 4 is 17.7 Å². The fourth-order valence-electron chi connectivity index (χ4n) is 2.06. The highest BCUT2D eigenvalue weighted by atomic mass is 32.2. The van der Waals surface area contributed by atoms with E-state index in [9.17, 15) is 4.79 Å². The average Bonchev–Trinajstić information content (AvgIpc) is 3.26. The number of carbonyl (C=O) groups excluding carboxylic acids is 1. The summed E-state index contributed by atoms with van der Waals surface area (Å²) in [7, 11) is 0. The molecule has 1 aliphatic rings. The minimum atomic E-state index is -0.129. The SMILES string of the molecule is CSC1(CNCC(C)C(=O)OCc2ccccc2)CC1. The van der Waals surface area contributed by atoms with Gasteiger partial charge in [0.2, 0.25) is 0 Å². The number of esters is 1. The van der Waals surface area contributed by atoms with Crippen LogP contribution < -0.4 is 5.32 Å². The van der Waals surface area contributed by atoms with Gasteiger partial charge < -0.3 is 10.1 Å². The largest absolute Gasteiger partial charge is 0.461 e. The highest BCUT2D eigenvalue weighted by Gasteiger charge is 2.41. The Morgan fingerprint density at radius 2 is 2.10 bits per heavy atom. The zero-order valence-electron chi connectivity index (χ0n) is 12.2. The lowest BCUT2D eigenvalue weighted by molar-refractivity contribution is -0.149. The van der Waals surface area contributed by atoms with E-state index in [1.54, 1.807) is 0 Å². The van der Waals surface area contributed by atoms with Crippen LogP contribution in [0.15, 0.2) is 30.3 Å². The van der Waals surface area contributed by atoms with Crippen molar-refractivity contribution in [1.82, 2.24) is 5.32 Å². The maximum absolute atomic E-state index is 11.9. The topological polar surface area (TPSA) is 38.3 Å². The molecule has 0 radical (unpaired) electrons. The van der Waals surface area contributed by atoms with Crippen LogP contribution in [0.2, 0.25) is 0 Å². The summed E-state index contributed by atoms with van der Waals surface area (Å²) in [6.45, 7) is 3.96. The zero-order chi connectivity index (χ0) is 14.4. The summed E-state index contributed by atoms with van der Waals surface area (Å²) in [5, 5.41) is 3.40. The number of benzene rings is 1. The summed E-state index contributed by atoms with van der Waals surface area (Å²) in [5.74, 6) is -0.230. The van der Waals surface area contributed by atoms with E-state index in [1.165, 1.54) is 12.8 Å². The molecule has 4 heteroatoms. The number of hydrogen-bond donors (Lipinski definition) is 1. The van der Waals surface area contributed by atoms with Crippen molar-refractivity contribution in [1.29, 1.82) is 0 Å². The molecule has 0 aromatic heterocycles. The van der Waals surface area contributed by atoms with Gasteiger partial charge in [0, 0.05) is 17.8 Å². The van der Waals surface area contributed by atoms with Crippen molar-refractivity contribution in [2.24, 2.45) is 5.92 Å². The first-order valence-corrected chi connectivity index (χ1v) is 8.34. The Kier molecular flexibility index (Phi) is 5.49. The molecule has 0 amide bonds. The minimum absolute atomic E-state index is 0.101. The molecule has 20 heavy (non-hydrogen) atoms. The third kappa shape index (κ3) is 4.53. The molecule has 3 nitrogen and oxygen atoms in total. The van der Waals surface area contributed by atoms with Crippen molar-refractivity contribution in [3.8, 4) is 0 Å². The lowest BCUT2D eigenvalue weighted by Crippen LogP contribution is -2.33. The number of carbonyl (C=O) groups is 1. The van der Waals surface area contributed by atoms with Gasteiger partial charge in [-0.1, -0.05) is 37.3 Å². The van der Waals surface area contributed by atoms with Crippen LogP contribution in [-0.2, 0) is 16.1 Å². The summed E-state index contributed by atoms with van der Waals surface area (Å²) in [5.41, 5.74) is 1.03. The van der Waals surface area contributed by atoms with Crippen LogP contribution in [0.4, 0.5) is 0 Å². The first kappa shape index (κ1) is 15.4. The van der Waals surface area contributed by atoms with Gasteiger partial charge >= 0.3 is 5.97 Å². The van der Waals surface area contributed by atoms with E-state index in [1.807, 2.05) is 49.0 Å². The second-order valence-corrected chi connectivity index (χ2v) is 6.79. The van der Waals surface area contributed by atoms with Crippen LogP contribution >= 0.6 is 11.8 Å². The van der Waals surface area contributed by atoms with Crippen molar-refractivity contribution in [2.75, 3.05) is 19.3 Å². The Morgan fingerprint density at radius 1 is 1.40 bits per heavy atom. The van der Waals surface area contributed by atoms with Crippen molar-refractivity contribution in [3.63, 3.8) is 0 Å². The van der Waals surface area contributed by atoms with E-state index in [0.29, 0.717) is 17.9 Å². The maximum Gasteiger partial charge on any atom is 0.310 e. The molecule has 1 aromatic rings. The van der Waals surface area contributed by atoms with E-state index < -0.39 is 0 Å². The first-order chi connectivity index (χ1) is 9.65. The molecule has 1 aliphatic carbocycles.